The van der Waals surface area contributed by atoms with Crippen molar-refractivity contribution in [2.24, 2.45) is 0 Å². The Labute approximate surface area is 119 Å². The molecule has 1 N–H and O–H groups in total. The Kier molecular flexibility index (Phi) is 8.24. The first-order valence-electron chi connectivity index (χ1n) is 7.21. The standard InChI is InChI=1S/C15H31N3O/c1-12(2)17-15(6,11-16)10-14(5)18(7)8-9-19-13(3)4/h12-14,17H,8-10H2,1-7H3. The molecular formula is C15H31N3O. The minimum Gasteiger partial charge on any atom is -0.377 e. The maximum Gasteiger partial charge on any atom is 0.105 e. The van der Waals surface area contributed by atoms with Crippen molar-refractivity contribution in [1.82, 2.24) is 10.2 Å². The van der Waals surface area contributed by atoms with Crippen LogP contribution in [0.4, 0.5) is 0 Å². The molecule has 0 fully saturated rings. The third-order valence-electron chi connectivity index (χ3n) is 3.21. The van der Waals surface area contributed by atoms with E-state index in [1.807, 2.05) is 20.8 Å². The second-order valence-corrected chi connectivity index (χ2v) is 6.20. The van der Waals surface area contributed by atoms with Crippen LogP contribution in [0.3, 0.4) is 0 Å². The van der Waals surface area contributed by atoms with E-state index in [1.165, 1.54) is 0 Å². The van der Waals surface area contributed by atoms with E-state index in [9.17, 15) is 5.26 Å². The Balaban J connectivity index is 4.25. The molecule has 0 rings (SSSR count). The highest BCUT2D eigenvalue weighted by Crippen LogP contribution is 2.15. The largest absolute Gasteiger partial charge is 0.377 e. The molecule has 0 bridgehead atoms. The normalized spacial score (nSPS) is 16.7. The summed E-state index contributed by atoms with van der Waals surface area (Å²) in [5, 5.41) is 12.7. The quantitative estimate of drug-likeness (QED) is 0.698. The Morgan fingerprint density at radius 1 is 1.26 bits per heavy atom. The molecule has 0 radical (unpaired) electrons. The highest BCUT2D eigenvalue weighted by atomic mass is 16.5. The van der Waals surface area contributed by atoms with Crippen LogP contribution in [0, 0.1) is 11.3 Å². The zero-order chi connectivity index (χ0) is 15.1. The van der Waals surface area contributed by atoms with E-state index in [0.717, 1.165) is 19.6 Å². The van der Waals surface area contributed by atoms with E-state index < -0.39 is 5.54 Å². The lowest BCUT2D eigenvalue weighted by Crippen LogP contribution is -2.49. The maximum atomic E-state index is 9.36. The minimum atomic E-state index is -0.471. The van der Waals surface area contributed by atoms with E-state index in [2.05, 4.69) is 44.1 Å². The number of rotatable bonds is 9. The fraction of sp³-hybridized carbons (Fsp3) is 0.933. The van der Waals surface area contributed by atoms with Gasteiger partial charge in [0.15, 0.2) is 0 Å². The van der Waals surface area contributed by atoms with Crippen LogP contribution in [0.5, 0.6) is 0 Å². The molecule has 2 unspecified atom stereocenters. The molecule has 0 aliphatic rings. The number of nitrogens with one attached hydrogen (secondary N) is 1. The first-order chi connectivity index (χ1) is 8.70. The molecule has 0 spiro atoms. The molecule has 0 aromatic heterocycles. The highest BCUT2D eigenvalue weighted by molar-refractivity contribution is 5.06. The Morgan fingerprint density at radius 3 is 2.26 bits per heavy atom. The summed E-state index contributed by atoms with van der Waals surface area (Å²) in [7, 11) is 2.08. The molecule has 112 valence electrons. The monoisotopic (exact) mass is 269 g/mol. The lowest BCUT2D eigenvalue weighted by molar-refractivity contribution is 0.0546. The van der Waals surface area contributed by atoms with Crippen molar-refractivity contribution in [3.8, 4) is 6.07 Å². The molecule has 4 heteroatoms. The number of ether oxygens (including phenoxy) is 1. The first-order valence-corrected chi connectivity index (χ1v) is 7.21. The van der Waals surface area contributed by atoms with Crippen molar-refractivity contribution in [3.63, 3.8) is 0 Å². The average Bonchev–Trinajstić information content (AvgIpc) is 2.27. The van der Waals surface area contributed by atoms with Gasteiger partial charge in [-0.1, -0.05) is 0 Å². The van der Waals surface area contributed by atoms with Gasteiger partial charge in [0, 0.05) is 18.6 Å². The smallest absolute Gasteiger partial charge is 0.105 e. The summed E-state index contributed by atoms with van der Waals surface area (Å²) < 4.78 is 5.56. The molecule has 0 aliphatic carbocycles. The lowest BCUT2D eigenvalue weighted by Gasteiger charge is -2.33. The second kappa shape index (κ2) is 8.52. The molecule has 0 saturated carbocycles. The summed E-state index contributed by atoms with van der Waals surface area (Å²) in [5.74, 6) is 0. The lowest BCUT2D eigenvalue weighted by atomic mass is 9.93. The van der Waals surface area contributed by atoms with Crippen molar-refractivity contribution in [2.75, 3.05) is 20.2 Å². The van der Waals surface area contributed by atoms with E-state index in [1.54, 1.807) is 0 Å². The Bertz CT molecular complexity index is 286. The van der Waals surface area contributed by atoms with Gasteiger partial charge in [-0.15, -0.1) is 0 Å². The fourth-order valence-electron chi connectivity index (χ4n) is 2.17. The van der Waals surface area contributed by atoms with Crippen molar-refractivity contribution in [2.45, 2.75) is 71.7 Å². The van der Waals surface area contributed by atoms with Gasteiger partial charge in [-0.25, -0.2) is 0 Å². The van der Waals surface area contributed by atoms with Crippen LogP contribution < -0.4 is 5.32 Å². The third-order valence-corrected chi connectivity index (χ3v) is 3.21. The number of likely N-dealkylation sites (N-methyl/N-ethyl adjacent to an activating group) is 1. The molecule has 0 aromatic rings. The topological polar surface area (TPSA) is 48.3 Å². The zero-order valence-electron chi connectivity index (χ0n) is 13.7. The van der Waals surface area contributed by atoms with E-state index >= 15 is 0 Å². The molecule has 0 aromatic carbocycles. The van der Waals surface area contributed by atoms with E-state index in [-0.39, 0.29) is 6.10 Å². The van der Waals surface area contributed by atoms with Crippen LogP contribution in [0.15, 0.2) is 0 Å². The van der Waals surface area contributed by atoms with E-state index in [4.69, 9.17) is 4.74 Å². The summed E-state index contributed by atoms with van der Waals surface area (Å²) in [5.41, 5.74) is -0.471. The number of hydrogen-bond acceptors (Lipinski definition) is 4. The molecule has 0 aliphatic heterocycles. The van der Waals surface area contributed by atoms with Gasteiger partial charge in [-0.2, -0.15) is 5.26 Å². The molecule has 19 heavy (non-hydrogen) atoms. The van der Waals surface area contributed by atoms with Crippen molar-refractivity contribution < 1.29 is 4.74 Å². The predicted molar refractivity (Wildman–Crippen MR) is 80.1 cm³/mol. The van der Waals surface area contributed by atoms with Gasteiger partial charge in [0.2, 0.25) is 0 Å². The predicted octanol–water partition coefficient (Wildman–Crippen LogP) is 2.40. The van der Waals surface area contributed by atoms with Crippen LogP contribution in [0.2, 0.25) is 0 Å². The fourth-order valence-corrected chi connectivity index (χ4v) is 2.17. The molecule has 4 nitrogen and oxygen atoms in total. The summed E-state index contributed by atoms with van der Waals surface area (Å²) in [6.45, 7) is 14.0. The summed E-state index contributed by atoms with van der Waals surface area (Å²) in [4.78, 5) is 2.25. The van der Waals surface area contributed by atoms with Gasteiger partial charge in [0.05, 0.1) is 18.8 Å². The summed E-state index contributed by atoms with van der Waals surface area (Å²) >= 11 is 0. The van der Waals surface area contributed by atoms with Crippen LogP contribution in [-0.2, 0) is 4.74 Å². The maximum absolute atomic E-state index is 9.36. The van der Waals surface area contributed by atoms with Crippen molar-refractivity contribution in [3.05, 3.63) is 0 Å². The van der Waals surface area contributed by atoms with Gasteiger partial charge in [-0.05, 0) is 55.0 Å². The van der Waals surface area contributed by atoms with Gasteiger partial charge in [0.1, 0.15) is 5.54 Å². The molecule has 0 saturated heterocycles. The summed E-state index contributed by atoms with van der Waals surface area (Å²) in [6.07, 6.45) is 1.08. The highest BCUT2D eigenvalue weighted by Gasteiger charge is 2.28. The third kappa shape index (κ3) is 8.20. The Morgan fingerprint density at radius 2 is 1.84 bits per heavy atom. The van der Waals surface area contributed by atoms with Gasteiger partial charge in [0.25, 0.3) is 0 Å². The average molecular weight is 269 g/mol. The van der Waals surface area contributed by atoms with Gasteiger partial charge < -0.3 is 9.64 Å². The van der Waals surface area contributed by atoms with Crippen molar-refractivity contribution in [1.29, 1.82) is 5.26 Å². The number of hydrogen-bond donors (Lipinski definition) is 1. The molecule has 0 amide bonds. The number of nitrogens with zero attached hydrogens (tertiary/aromatic N) is 2. The molecule has 0 heterocycles. The first kappa shape index (κ1) is 18.4. The van der Waals surface area contributed by atoms with Gasteiger partial charge in [-0.3, -0.25) is 5.32 Å². The minimum absolute atomic E-state index is 0.274. The van der Waals surface area contributed by atoms with Gasteiger partial charge >= 0.3 is 0 Å². The van der Waals surface area contributed by atoms with Crippen LogP contribution in [-0.4, -0.2) is 48.8 Å². The van der Waals surface area contributed by atoms with Crippen molar-refractivity contribution >= 4 is 0 Å². The Hall–Kier alpha value is -0.630. The summed E-state index contributed by atoms with van der Waals surface area (Å²) in [6, 6.07) is 3.05. The van der Waals surface area contributed by atoms with Crippen LogP contribution >= 0.6 is 0 Å². The SMILES string of the molecule is CC(C)NC(C)(C#N)CC(C)N(C)CCOC(C)C. The molecular weight excluding hydrogens is 238 g/mol. The number of nitriles is 1. The van der Waals surface area contributed by atoms with Crippen LogP contribution in [0.25, 0.3) is 0 Å². The second-order valence-electron chi connectivity index (χ2n) is 6.20. The molecule has 2 atom stereocenters. The van der Waals surface area contributed by atoms with Crippen LogP contribution in [0.1, 0.15) is 48.0 Å². The van der Waals surface area contributed by atoms with E-state index in [0.29, 0.717) is 12.1 Å². The zero-order valence-corrected chi connectivity index (χ0v) is 13.7.